The summed E-state index contributed by atoms with van der Waals surface area (Å²) in [5.74, 6) is 5.00. The molecule has 3 saturated carbocycles. The zero-order chi connectivity index (χ0) is 19.8. The fourth-order valence-electron chi connectivity index (χ4n) is 6.47. The van der Waals surface area contributed by atoms with E-state index in [2.05, 4.69) is 6.92 Å². The van der Waals surface area contributed by atoms with Crippen molar-refractivity contribution in [1.29, 1.82) is 0 Å². The first-order valence-corrected chi connectivity index (χ1v) is 12.9. The Hall–Kier alpha value is -0.530. The van der Waals surface area contributed by atoms with Crippen LogP contribution in [0.1, 0.15) is 123 Å². The molecule has 0 aromatic rings. The lowest BCUT2D eigenvalue weighted by Gasteiger charge is -2.38. The predicted molar refractivity (Wildman–Crippen MR) is 117 cm³/mol. The lowest BCUT2D eigenvalue weighted by molar-refractivity contribution is -0.151. The molecule has 0 heterocycles. The number of esters is 1. The number of ether oxygens (including phenoxy) is 1. The van der Waals surface area contributed by atoms with Crippen molar-refractivity contribution in [2.24, 2.45) is 29.6 Å². The number of rotatable bonds is 8. The van der Waals surface area contributed by atoms with Crippen LogP contribution < -0.4 is 0 Å². The number of carbonyl (C=O) groups is 1. The molecule has 2 heteroatoms. The summed E-state index contributed by atoms with van der Waals surface area (Å²) in [6.45, 7) is 4.42. The molecular weight excluding hydrogens is 344 g/mol. The molecule has 3 rings (SSSR count). The molecule has 0 unspecified atom stereocenters. The maximum Gasteiger partial charge on any atom is 0.306 e. The summed E-state index contributed by atoms with van der Waals surface area (Å²) >= 11 is 0. The topological polar surface area (TPSA) is 26.3 Å². The van der Waals surface area contributed by atoms with Gasteiger partial charge < -0.3 is 4.74 Å². The minimum Gasteiger partial charge on any atom is -0.462 e. The average Bonchev–Trinajstić information content (AvgIpc) is 2.74. The van der Waals surface area contributed by atoms with Gasteiger partial charge in [-0.05, 0) is 74.5 Å². The Labute approximate surface area is 174 Å². The van der Waals surface area contributed by atoms with Crippen LogP contribution in [0.3, 0.4) is 0 Å². The molecule has 0 N–H and O–H groups in total. The maximum atomic E-state index is 11.7. The molecule has 0 atom stereocenters. The van der Waals surface area contributed by atoms with Crippen LogP contribution in [0.5, 0.6) is 0 Å². The highest BCUT2D eigenvalue weighted by molar-refractivity contribution is 5.69. The first-order chi connectivity index (χ1) is 13.7. The van der Waals surface area contributed by atoms with Gasteiger partial charge in [-0.2, -0.15) is 0 Å². The first-order valence-electron chi connectivity index (χ1n) is 12.9. The molecule has 0 bridgehead atoms. The summed E-state index contributed by atoms with van der Waals surface area (Å²) in [4.78, 5) is 11.7. The highest BCUT2D eigenvalue weighted by Gasteiger charge is 2.32. The van der Waals surface area contributed by atoms with E-state index in [0.29, 0.717) is 6.42 Å². The van der Waals surface area contributed by atoms with E-state index in [0.717, 1.165) is 48.9 Å². The van der Waals surface area contributed by atoms with Crippen molar-refractivity contribution < 1.29 is 9.53 Å². The van der Waals surface area contributed by atoms with E-state index in [-0.39, 0.29) is 12.1 Å². The summed E-state index contributed by atoms with van der Waals surface area (Å²) in [5.41, 5.74) is 0. The molecule has 3 aliphatic rings. The van der Waals surface area contributed by atoms with Crippen LogP contribution >= 0.6 is 0 Å². The third-order valence-electron chi connectivity index (χ3n) is 8.56. The van der Waals surface area contributed by atoms with Crippen LogP contribution in [0.2, 0.25) is 0 Å². The van der Waals surface area contributed by atoms with Crippen molar-refractivity contribution in [2.75, 3.05) is 0 Å². The molecule has 28 heavy (non-hydrogen) atoms. The second-order valence-electron chi connectivity index (χ2n) is 10.4. The Balaban J connectivity index is 1.28. The van der Waals surface area contributed by atoms with Gasteiger partial charge >= 0.3 is 5.97 Å². The Morgan fingerprint density at radius 1 is 0.679 bits per heavy atom. The van der Waals surface area contributed by atoms with Gasteiger partial charge in [0.15, 0.2) is 0 Å². The maximum absolute atomic E-state index is 11.7. The molecule has 3 fully saturated rings. The molecule has 0 aromatic carbocycles. The minimum atomic E-state index is 0.0228. The first kappa shape index (κ1) is 22.2. The van der Waals surface area contributed by atoms with Gasteiger partial charge in [-0.25, -0.2) is 0 Å². The van der Waals surface area contributed by atoms with E-state index >= 15 is 0 Å². The SMILES string of the molecule is CCCC(=O)O[C@H]1CC[C@H]([C@H]2CC[C@H](CC[C@H]3CC[C@H](CC)CC3)CC2)CC1. The molecule has 3 aliphatic carbocycles. The molecule has 0 spiro atoms. The van der Waals surface area contributed by atoms with Crippen LogP contribution in [-0.2, 0) is 9.53 Å². The van der Waals surface area contributed by atoms with Crippen LogP contribution in [-0.4, -0.2) is 12.1 Å². The van der Waals surface area contributed by atoms with Gasteiger partial charge in [-0.1, -0.05) is 71.6 Å². The highest BCUT2D eigenvalue weighted by atomic mass is 16.5. The van der Waals surface area contributed by atoms with E-state index in [1.54, 1.807) is 0 Å². The molecule has 2 nitrogen and oxygen atoms in total. The van der Waals surface area contributed by atoms with Crippen molar-refractivity contribution in [3.8, 4) is 0 Å². The zero-order valence-electron chi connectivity index (χ0n) is 18.8. The summed E-state index contributed by atoms with van der Waals surface area (Å²) in [6, 6.07) is 0. The van der Waals surface area contributed by atoms with Crippen molar-refractivity contribution in [3.63, 3.8) is 0 Å². The van der Waals surface area contributed by atoms with Crippen LogP contribution in [0.15, 0.2) is 0 Å². The quantitative estimate of drug-likeness (QED) is 0.397. The fraction of sp³-hybridized carbons (Fsp3) is 0.962. The van der Waals surface area contributed by atoms with Crippen LogP contribution in [0, 0.1) is 29.6 Å². The summed E-state index contributed by atoms with van der Waals surface area (Å²) in [7, 11) is 0. The normalized spacial score (nSPS) is 36.8. The number of hydrogen-bond donors (Lipinski definition) is 0. The molecule has 0 aliphatic heterocycles. The van der Waals surface area contributed by atoms with Gasteiger partial charge in [-0.3, -0.25) is 4.79 Å². The third-order valence-corrected chi connectivity index (χ3v) is 8.56. The van der Waals surface area contributed by atoms with Gasteiger partial charge in [0, 0.05) is 6.42 Å². The Morgan fingerprint density at radius 3 is 1.64 bits per heavy atom. The Bertz CT molecular complexity index is 435. The van der Waals surface area contributed by atoms with Gasteiger partial charge in [0.2, 0.25) is 0 Å². The van der Waals surface area contributed by atoms with E-state index in [4.69, 9.17) is 4.74 Å². The van der Waals surface area contributed by atoms with E-state index in [1.165, 1.54) is 83.5 Å². The fourth-order valence-corrected chi connectivity index (χ4v) is 6.47. The van der Waals surface area contributed by atoms with Crippen LogP contribution in [0.4, 0.5) is 0 Å². The molecule has 0 saturated heterocycles. The highest BCUT2D eigenvalue weighted by Crippen LogP contribution is 2.42. The second kappa shape index (κ2) is 11.6. The van der Waals surface area contributed by atoms with Crippen molar-refractivity contribution in [3.05, 3.63) is 0 Å². The zero-order valence-corrected chi connectivity index (χ0v) is 18.8. The van der Waals surface area contributed by atoms with Gasteiger partial charge in [0.25, 0.3) is 0 Å². The number of hydrogen-bond acceptors (Lipinski definition) is 2. The predicted octanol–water partition coefficient (Wildman–Crippen LogP) is 7.69. The lowest BCUT2D eigenvalue weighted by Crippen LogP contribution is -2.29. The molecular formula is C26H46O2. The second-order valence-corrected chi connectivity index (χ2v) is 10.4. The van der Waals surface area contributed by atoms with Gasteiger partial charge in [0.1, 0.15) is 6.10 Å². The smallest absolute Gasteiger partial charge is 0.306 e. The summed E-state index contributed by atoms with van der Waals surface area (Å²) < 4.78 is 5.65. The van der Waals surface area contributed by atoms with Gasteiger partial charge in [-0.15, -0.1) is 0 Å². The van der Waals surface area contributed by atoms with Gasteiger partial charge in [0.05, 0.1) is 0 Å². The van der Waals surface area contributed by atoms with E-state index < -0.39 is 0 Å². The standard InChI is InChI=1S/C26H46O2/c1-3-5-26(27)28-25-18-16-24(17-19-25)23-14-12-22(13-15-23)11-10-21-8-6-20(4-2)7-9-21/h20-25H,3-19H2,1-2H3/t20-,21-,22-,23-,24-,25-. The lowest BCUT2D eigenvalue weighted by atomic mass is 9.69. The van der Waals surface area contributed by atoms with E-state index in [9.17, 15) is 4.79 Å². The largest absolute Gasteiger partial charge is 0.462 e. The van der Waals surface area contributed by atoms with Crippen molar-refractivity contribution in [1.82, 2.24) is 0 Å². The van der Waals surface area contributed by atoms with Crippen molar-refractivity contribution in [2.45, 2.75) is 129 Å². The summed E-state index contributed by atoms with van der Waals surface area (Å²) in [5, 5.41) is 0. The Kier molecular flexibility index (Phi) is 9.18. The number of carbonyl (C=O) groups excluding carboxylic acids is 1. The van der Waals surface area contributed by atoms with Crippen LogP contribution in [0.25, 0.3) is 0 Å². The monoisotopic (exact) mass is 390 g/mol. The average molecular weight is 391 g/mol. The molecule has 0 amide bonds. The molecule has 0 aromatic heterocycles. The Morgan fingerprint density at radius 2 is 1.14 bits per heavy atom. The molecule has 0 radical (unpaired) electrons. The minimum absolute atomic E-state index is 0.0228. The third kappa shape index (κ3) is 6.77. The summed E-state index contributed by atoms with van der Waals surface area (Å²) in [6.07, 6.45) is 22.9. The van der Waals surface area contributed by atoms with E-state index in [1.807, 2.05) is 6.92 Å². The van der Waals surface area contributed by atoms with Crippen molar-refractivity contribution >= 4 is 5.97 Å². The molecule has 162 valence electrons.